The van der Waals surface area contributed by atoms with E-state index in [0.717, 1.165) is 21.3 Å². The number of nitrogens with zero attached hydrogens (tertiary/aromatic N) is 3. The number of aryl methyl sites for hydroxylation is 2. The summed E-state index contributed by atoms with van der Waals surface area (Å²) < 4.78 is 11.7. The number of rotatable bonds is 5. The summed E-state index contributed by atoms with van der Waals surface area (Å²) in [5.41, 5.74) is 3.72. The lowest BCUT2D eigenvalue weighted by Crippen LogP contribution is -2.29. The number of methoxy groups -OCH3 is 2. The molecule has 8 nitrogen and oxygen atoms in total. The summed E-state index contributed by atoms with van der Waals surface area (Å²) in [7, 11) is 3.03. The van der Waals surface area contributed by atoms with Crippen LogP contribution in [0, 0.1) is 13.8 Å². The smallest absolute Gasteiger partial charge is 0.301 e. The van der Waals surface area contributed by atoms with Gasteiger partial charge in [0.05, 0.1) is 36.1 Å². The van der Waals surface area contributed by atoms with E-state index in [4.69, 9.17) is 14.5 Å². The monoisotopic (exact) mass is 501 g/mol. The lowest BCUT2D eigenvalue weighted by molar-refractivity contribution is -0.132. The molecule has 2 aromatic carbocycles. The van der Waals surface area contributed by atoms with Crippen LogP contribution in [0.4, 0.5) is 5.13 Å². The molecular formula is C27H23N3O5S. The van der Waals surface area contributed by atoms with E-state index in [1.807, 2.05) is 26.0 Å². The van der Waals surface area contributed by atoms with E-state index in [1.165, 1.54) is 42.8 Å². The van der Waals surface area contributed by atoms with Crippen LogP contribution in [0.3, 0.4) is 0 Å². The predicted molar refractivity (Wildman–Crippen MR) is 138 cm³/mol. The predicted octanol–water partition coefficient (Wildman–Crippen LogP) is 4.95. The molecule has 0 radical (unpaired) electrons. The summed E-state index contributed by atoms with van der Waals surface area (Å²) in [5.74, 6) is -0.917. The van der Waals surface area contributed by atoms with Gasteiger partial charge in [0.25, 0.3) is 5.78 Å². The SMILES string of the molecule is COc1ccc(C2C(=C(O)c3ccncc3)C(=O)C(=O)N2c2nc3c(C)cc(C)cc3s2)cc1OC. The van der Waals surface area contributed by atoms with E-state index < -0.39 is 17.7 Å². The van der Waals surface area contributed by atoms with Crippen LogP contribution >= 0.6 is 11.3 Å². The molecule has 0 aliphatic carbocycles. The number of pyridine rings is 1. The maximum Gasteiger partial charge on any atom is 0.301 e. The zero-order valence-corrected chi connectivity index (χ0v) is 20.9. The Labute approximate surface area is 211 Å². The number of amides is 1. The zero-order chi connectivity index (χ0) is 25.6. The van der Waals surface area contributed by atoms with Gasteiger partial charge in [-0.1, -0.05) is 23.5 Å². The zero-order valence-electron chi connectivity index (χ0n) is 20.1. The lowest BCUT2D eigenvalue weighted by Gasteiger charge is -2.23. The fraction of sp³-hybridized carbons (Fsp3) is 0.185. The van der Waals surface area contributed by atoms with E-state index in [9.17, 15) is 14.7 Å². The molecule has 1 atom stereocenters. The van der Waals surface area contributed by atoms with Crippen molar-refractivity contribution in [2.45, 2.75) is 19.9 Å². The average Bonchev–Trinajstić information content (AvgIpc) is 3.42. The van der Waals surface area contributed by atoms with E-state index in [2.05, 4.69) is 4.98 Å². The summed E-state index contributed by atoms with van der Waals surface area (Å²) in [6, 6.07) is 11.4. The number of ether oxygens (including phenoxy) is 2. The van der Waals surface area contributed by atoms with Gasteiger partial charge in [0.2, 0.25) is 0 Å². The Bertz CT molecular complexity index is 1540. The maximum absolute atomic E-state index is 13.5. The molecule has 0 spiro atoms. The van der Waals surface area contributed by atoms with Gasteiger partial charge in [-0.25, -0.2) is 4.98 Å². The van der Waals surface area contributed by atoms with Gasteiger partial charge in [-0.05, 0) is 60.9 Å². The number of benzene rings is 2. The number of hydrogen-bond acceptors (Lipinski definition) is 8. The molecule has 0 saturated carbocycles. The van der Waals surface area contributed by atoms with Gasteiger partial charge in [0.1, 0.15) is 5.76 Å². The van der Waals surface area contributed by atoms with Crippen LogP contribution in [0.1, 0.15) is 28.3 Å². The van der Waals surface area contributed by atoms with Crippen molar-refractivity contribution in [1.29, 1.82) is 0 Å². The maximum atomic E-state index is 13.5. The van der Waals surface area contributed by atoms with E-state index >= 15 is 0 Å². The molecule has 1 unspecified atom stereocenters. The number of fused-ring (bicyclic) bond motifs is 1. The number of Topliss-reactive ketones (excluding diaryl/α,β-unsaturated/α-hetero) is 1. The van der Waals surface area contributed by atoms with Crippen molar-refractivity contribution in [3.05, 3.63) is 82.7 Å². The number of carbonyl (C=O) groups is 2. The quantitative estimate of drug-likeness (QED) is 0.234. The van der Waals surface area contributed by atoms with Crippen LogP contribution in [0.2, 0.25) is 0 Å². The molecule has 4 aromatic rings. The molecule has 9 heteroatoms. The summed E-state index contributed by atoms with van der Waals surface area (Å²) >= 11 is 1.33. The van der Waals surface area contributed by atoms with Crippen molar-refractivity contribution < 1.29 is 24.2 Å². The number of carbonyl (C=O) groups excluding carboxylic acids is 2. The molecule has 3 heterocycles. The number of thiazole rings is 1. The Morgan fingerprint density at radius 1 is 1.00 bits per heavy atom. The van der Waals surface area contributed by atoms with Crippen LogP contribution in [0.15, 0.2) is 60.4 Å². The number of hydrogen-bond donors (Lipinski definition) is 1. The highest BCUT2D eigenvalue weighted by Gasteiger charge is 2.48. The van der Waals surface area contributed by atoms with Crippen molar-refractivity contribution in [3.8, 4) is 11.5 Å². The Morgan fingerprint density at radius 2 is 1.72 bits per heavy atom. The van der Waals surface area contributed by atoms with Crippen molar-refractivity contribution in [2.75, 3.05) is 19.1 Å². The van der Waals surface area contributed by atoms with E-state index in [0.29, 0.717) is 27.8 Å². The molecule has 36 heavy (non-hydrogen) atoms. The third-order valence-electron chi connectivity index (χ3n) is 6.15. The molecular weight excluding hydrogens is 478 g/mol. The topological polar surface area (TPSA) is 102 Å². The van der Waals surface area contributed by atoms with E-state index in [1.54, 1.807) is 30.3 Å². The normalized spacial score (nSPS) is 17.1. The molecule has 0 bridgehead atoms. The molecule has 1 fully saturated rings. The molecule has 1 aliphatic heterocycles. The molecule has 1 amide bonds. The molecule has 1 aliphatic rings. The fourth-order valence-corrected chi connectivity index (χ4v) is 5.66. The minimum absolute atomic E-state index is 0.0365. The first-order valence-corrected chi connectivity index (χ1v) is 12.0. The fourth-order valence-electron chi connectivity index (χ4n) is 4.50. The summed E-state index contributed by atoms with van der Waals surface area (Å²) in [6.45, 7) is 3.96. The number of aliphatic hydroxyl groups is 1. The lowest BCUT2D eigenvalue weighted by atomic mass is 9.95. The molecule has 5 rings (SSSR count). The highest BCUT2D eigenvalue weighted by Crippen LogP contribution is 2.46. The number of aromatic nitrogens is 2. The van der Waals surface area contributed by atoms with Crippen LogP contribution < -0.4 is 14.4 Å². The van der Waals surface area contributed by atoms with Crippen LogP contribution in [-0.2, 0) is 9.59 Å². The second kappa shape index (κ2) is 9.09. The third-order valence-corrected chi connectivity index (χ3v) is 7.15. The molecule has 2 aromatic heterocycles. The second-order valence-corrected chi connectivity index (χ2v) is 9.45. The number of ketones is 1. The van der Waals surface area contributed by atoms with Gasteiger partial charge in [-0.3, -0.25) is 19.5 Å². The first kappa shape index (κ1) is 23.5. The van der Waals surface area contributed by atoms with Crippen LogP contribution in [-0.4, -0.2) is 41.0 Å². The highest BCUT2D eigenvalue weighted by molar-refractivity contribution is 7.22. The second-order valence-electron chi connectivity index (χ2n) is 8.44. The summed E-state index contributed by atoms with van der Waals surface area (Å²) in [4.78, 5) is 36.9. The van der Waals surface area contributed by atoms with Crippen LogP contribution in [0.25, 0.3) is 16.0 Å². The van der Waals surface area contributed by atoms with Crippen molar-refractivity contribution in [1.82, 2.24) is 9.97 Å². The first-order chi connectivity index (χ1) is 17.3. The largest absolute Gasteiger partial charge is 0.507 e. The average molecular weight is 502 g/mol. The minimum atomic E-state index is -0.931. The number of aliphatic hydroxyl groups excluding tert-OH is 1. The van der Waals surface area contributed by atoms with E-state index in [-0.39, 0.29) is 11.3 Å². The first-order valence-electron chi connectivity index (χ1n) is 11.1. The third kappa shape index (κ3) is 3.77. The summed E-state index contributed by atoms with van der Waals surface area (Å²) in [5, 5.41) is 11.6. The van der Waals surface area contributed by atoms with Crippen LogP contribution in [0.5, 0.6) is 11.5 Å². The minimum Gasteiger partial charge on any atom is -0.507 e. The van der Waals surface area contributed by atoms with Gasteiger partial charge in [0, 0.05) is 18.0 Å². The van der Waals surface area contributed by atoms with Gasteiger partial charge < -0.3 is 14.6 Å². The molecule has 1 saturated heterocycles. The summed E-state index contributed by atoms with van der Waals surface area (Å²) in [6.07, 6.45) is 3.02. The van der Waals surface area contributed by atoms with Gasteiger partial charge in [-0.2, -0.15) is 0 Å². The van der Waals surface area contributed by atoms with Gasteiger partial charge in [0.15, 0.2) is 16.6 Å². The Morgan fingerprint density at radius 3 is 2.42 bits per heavy atom. The van der Waals surface area contributed by atoms with Crippen molar-refractivity contribution in [2.24, 2.45) is 0 Å². The number of anilines is 1. The Balaban J connectivity index is 1.76. The standard InChI is InChI=1S/C27H23N3O5S/c1-14-11-15(2)22-20(12-14)36-27(29-22)30-23(17-5-6-18(34-3)19(13-17)35-4)21(25(32)26(30)33)24(31)16-7-9-28-10-8-16/h5-13,23,31H,1-4H3. The van der Waals surface area contributed by atoms with Crippen molar-refractivity contribution in [3.63, 3.8) is 0 Å². The molecule has 182 valence electrons. The van der Waals surface area contributed by atoms with Gasteiger partial charge in [-0.15, -0.1) is 0 Å². The highest BCUT2D eigenvalue weighted by atomic mass is 32.1. The van der Waals surface area contributed by atoms with Crippen molar-refractivity contribution >= 4 is 44.1 Å². The Hall–Kier alpha value is -4.24. The Kier molecular flexibility index (Phi) is 5.93. The molecule has 1 N–H and O–H groups in total. The van der Waals surface area contributed by atoms with Gasteiger partial charge >= 0.3 is 5.91 Å².